The van der Waals surface area contributed by atoms with Crippen LogP contribution in [0.1, 0.15) is 11.4 Å². The standard InChI is InChI=1S/C19H16BrN3O5/c1-11-22-15-5-4-13(20)8-14(15)19(26)23(11)21-9-12-3-6-16(17(7-12)27-2)28-10-18(24)25/h3-9H,10H2,1-2H3,(H,24,25). The number of aryl methyl sites for hydroxylation is 1. The molecule has 0 aliphatic rings. The Morgan fingerprint density at radius 2 is 2.07 bits per heavy atom. The van der Waals surface area contributed by atoms with Crippen molar-refractivity contribution in [3.05, 3.63) is 62.6 Å². The lowest BCUT2D eigenvalue weighted by molar-refractivity contribution is -0.139. The number of carboxylic acid groups (broad SMARTS) is 1. The molecule has 1 aromatic heterocycles. The molecule has 0 fully saturated rings. The van der Waals surface area contributed by atoms with Crippen LogP contribution in [0, 0.1) is 6.92 Å². The molecule has 0 atom stereocenters. The molecule has 3 rings (SSSR count). The number of methoxy groups -OCH3 is 1. The maximum atomic E-state index is 12.7. The number of hydrogen-bond acceptors (Lipinski definition) is 6. The monoisotopic (exact) mass is 445 g/mol. The fourth-order valence-corrected chi connectivity index (χ4v) is 2.90. The molecule has 3 aromatic rings. The average molecular weight is 446 g/mol. The molecule has 0 amide bonds. The van der Waals surface area contributed by atoms with Crippen LogP contribution in [0.25, 0.3) is 10.9 Å². The minimum Gasteiger partial charge on any atom is -0.493 e. The van der Waals surface area contributed by atoms with Crippen LogP contribution in [0.5, 0.6) is 11.5 Å². The third-order valence-corrected chi connectivity index (χ3v) is 4.32. The SMILES string of the molecule is COc1cc(C=Nn2c(C)nc3ccc(Br)cc3c2=O)ccc1OCC(=O)O. The van der Waals surface area contributed by atoms with Gasteiger partial charge in [0.25, 0.3) is 5.56 Å². The average Bonchev–Trinajstić information content (AvgIpc) is 2.67. The van der Waals surface area contributed by atoms with E-state index < -0.39 is 12.6 Å². The number of halogens is 1. The maximum Gasteiger partial charge on any atom is 0.341 e. The first kappa shape index (κ1) is 19.6. The largest absolute Gasteiger partial charge is 0.493 e. The summed E-state index contributed by atoms with van der Waals surface area (Å²) in [5, 5.41) is 13.4. The van der Waals surface area contributed by atoms with Crippen LogP contribution in [0.2, 0.25) is 0 Å². The number of ether oxygens (including phenoxy) is 2. The molecule has 8 nitrogen and oxygen atoms in total. The number of fused-ring (bicyclic) bond motifs is 1. The molecule has 28 heavy (non-hydrogen) atoms. The number of benzene rings is 2. The number of carbonyl (C=O) groups is 1. The number of aliphatic carboxylic acids is 1. The van der Waals surface area contributed by atoms with Crippen LogP contribution in [0.3, 0.4) is 0 Å². The van der Waals surface area contributed by atoms with Gasteiger partial charge in [0.15, 0.2) is 18.1 Å². The van der Waals surface area contributed by atoms with Crippen LogP contribution in [-0.4, -0.2) is 40.7 Å². The second kappa shape index (κ2) is 8.22. The number of nitrogens with zero attached hydrogens (tertiary/aromatic N) is 3. The van der Waals surface area contributed by atoms with Gasteiger partial charge in [-0.05, 0) is 48.9 Å². The Kier molecular flexibility index (Phi) is 5.74. The molecular formula is C19H16BrN3O5. The summed E-state index contributed by atoms with van der Waals surface area (Å²) < 4.78 is 12.4. The Morgan fingerprint density at radius 3 is 2.79 bits per heavy atom. The Balaban J connectivity index is 1.95. The molecule has 1 N–H and O–H groups in total. The lowest BCUT2D eigenvalue weighted by Crippen LogP contribution is -2.20. The highest BCUT2D eigenvalue weighted by Crippen LogP contribution is 2.27. The molecule has 2 aromatic carbocycles. The van der Waals surface area contributed by atoms with Crippen LogP contribution in [0.4, 0.5) is 0 Å². The van der Waals surface area contributed by atoms with Gasteiger partial charge in [-0.3, -0.25) is 4.79 Å². The minimum absolute atomic E-state index is 0.284. The third kappa shape index (κ3) is 4.20. The van der Waals surface area contributed by atoms with Gasteiger partial charge in [-0.2, -0.15) is 9.78 Å². The molecule has 0 unspecified atom stereocenters. The molecular weight excluding hydrogens is 430 g/mol. The van der Waals surface area contributed by atoms with Gasteiger partial charge >= 0.3 is 5.97 Å². The maximum absolute atomic E-state index is 12.7. The summed E-state index contributed by atoms with van der Waals surface area (Å²) in [5.41, 5.74) is 0.951. The van der Waals surface area contributed by atoms with Crippen molar-refractivity contribution in [3.8, 4) is 11.5 Å². The van der Waals surface area contributed by atoms with E-state index in [9.17, 15) is 9.59 Å². The zero-order valence-corrected chi connectivity index (χ0v) is 16.6. The van der Waals surface area contributed by atoms with Crippen molar-refractivity contribution in [1.82, 2.24) is 9.66 Å². The third-order valence-electron chi connectivity index (χ3n) is 3.83. The number of hydrogen-bond donors (Lipinski definition) is 1. The predicted molar refractivity (Wildman–Crippen MR) is 108 cm³/mol. The van der Waals surface area contributed by atoms with E-state index in [1.54, 1.807) is 37.3 Å². The summed E-state index contributed by atoms with van der Waals surface area (Å²) in [6.07, 6.45) is 1.49. The van der Waals surface area contributed by atoms with Gasteiger partial charge in [0, 0.05) is 4.47 Å². The summed E-state index contributed by atoms with van der Waals surface area (Å²) in [5.74, 6) is 0.0184. The van der Waals surface area contributed by atoms with Crippen molar-refractivity contribution in [1.29, 1.82) is 0 Å². The molecule has 0 aliphatic carbocycles. The zero-order valence-electron chi connectivity index (χ0n) is 15.0. The van der Waals surface area contributed by atoms with Crippen molar-refractivity contribution >= 4 is 39.0 Å². The molecule has 0 bridgehead atoms. The Hall–Kier alpha value is -3.20. The lowest BCUT2D eigenvalue weighted by atomic mass is 10.2. The molecule has 9 heteroatoms. The van der Waals surface area contributed by atoms with Crippen molar-refractivity contribution < 1.29 is 19.4 Å². The molecule has 0 radical (unpaired) electrons. The summed E-state index contributed by atoms with van der Waals surface area (Å²) >= 11 is 3.35. The summed E-state index contributed by atoms with van der Waals surface area (Å²) in [7, 11) is 1.45. The van der Waals surface area contributed by atoms with E-state index in [4.69, 9.17) is 14.6 Å². The highest BCUT2D eigenvalue weighted by Gasteiger charge is 2.09. The summed E-state index contributed by atoms with van der Waals surface area (Å²) in [6.45, 7) is 1.22. The summed E-state index contributed by atoms with van der Waals surface area (Å²) in [4.78, 5) is 27.8. The molecule has 144 valence electrons. The fraction of sp³-hybridized carbons (Fsp3) is 0.158. The van der Waals surface area contributed by atoms with Crippen molar-refractivity contribution in [2.24, 2.45) is 5.10 Å². The topological polar surface area (TPSA) is 103 Å². The van der Waals surface area contributed by atoms with Gasteiger partial charge in [-0.15, -0.1) is 0 Å². The van der Waals surface area contributed by atoms with Crippen molar-refractivity contribution in [2.75, 3.05) is 13.7 Å². The first-order valence-electron chi connectivity index (χ1n) is 8.15. The Morgan fingerprint density at radius 1 is 1.29 bits per heavy atom. The molecule has 0 saturated carbocycles. The minimum atomic E-state index is -1.09. The van der Waals surface area contributed by atoms with Crippen molar-refractivity contribution in [3.63, 3.8) is 0 Å². The first-order valence-corrected chi connectivity index (χ1v) is 8.94. The van der Waals surface area contributed by atoms with Gasteiger partial charge < -0.3 is 14.6 Å². The van der Waals surface area contributed by atoms with E-state index in [0.29, 0.717) is 33.8 Å². The van der Waals surface area contributed by atoms with Crippen molar-refractivity contribution in [2.45, 2.75) is 6.92 Å². The van der Waals surface area contributed by atoms with Crippen LogP contribution in [0.15, 0.2) is 50.8 Å². The van der Waals surface area contributed by atoms with Crippen LogP contribution in [-0.2, 0) is 4.79 Å². The van der Waals surface area contributed by atoms with E-state index in [1.807, 2.05) is 6.07 Å². The quantitative estimate of drug-likeness (QED) is 0.585. The lowest BCUT2D eigenvalue weighted by Gasteiger charge is -2.09. The van der Waals surface area contributed by atoms with Gasteiger partial charge in [0.05, 0.1) is 24.2 Å². The van der Waals surface area contributed by atoms with E-state index in [-0.39, 0.29) is 5.56 Å². The highest BCUT2D eigenvalue weighted by atomic mass is 79.9. The number of carboxylic acids is 1. The second-order valence-electron chi connectivity index (χ2n) is 5.77. The fourth-order valence-electron chi connectivity index (χ4n) is 2.54. The van der Waals surface area contributed by atoms with Crippen LogP contribution >= 0.6 is 15.9 Å². The zero-order chi connectivity index (χ0) is 20.3. The Labute approximate surface area is 168 Å². The van der Waals surface area contributed by atoms with Gasteiger partial charge in [0.2, 0.25) is 0 Å². The molecule has 0 spiro atoms. The Bertz CT molecular complexity index is 1140. The first-order chi connectivity index (χ1) is 13.4. The number of aromatic nitrogens is 2. The predicted octanol–water partition coefficient (Wildman–Crippen LogP) is 2.82. The summed E-state index contributed by atoms with van der Waals surface area (Å²) in [6, 6.07) is 10.2. The smallest absolute Gasteiger partial charge is 0.341 e. The molecule has 0 saturated heterocycles. The van der Waals surface area contributed by atoms with E-state index >= 15 is 0 Å². The van der Waals surface area contributed by atoms with Crippen LogP contribution < -0.4 is 15.0 Å². The molecule has 0 aliphatic heterocycles. The molecule has 1 heterocycles. The highest BCUT2D eigenvalue weighted by molar-refractivity contribution is 9.10. The van der Waals surface area contributed by atoms with Gasteiger partial charge in [-0.1, -0.05) is 15.9 Å². The van der Waals surface area contributed by atoms with E-state index in [2.05, 4.69) is 26.0 Å². The van der Waals surface area contributed by atoms with E-state index in [1.165, 1.54) is 18.0 Å². The van der Waals surface area contributed by atoms with Gasteiger partial charge in [0.1, 0.15) is 5.82 Å². The number of rotatable bonds is 6. The normalized spacial score (nSPS) is 11.1. The van der Waals surface area contributed by atoms with E-state index in [0.717, 1.165) is 4.47 Å². The van der Waals surface area contributed by atoms with Gasteiger partial charge in [-0.25, -0.2) is 9.78 Å². The second-order valence-corrected chi connectivity index (χ2v) is 6.69.